The van der Waals surface area contributed by atoms with E-state index in [-0.39, 0.29) is 6.42 Å². The molecule has 3 heterocycles. The molecule has 0 aliphatic heterocycles. The molecule has 1 aromatic carbocycles. The SMILES string of the molecule is O=C(CCC(F)(F)F)Cc1cccc(-c2cnc3cc(/C=N\OCc4cccnc4)ccn23)c1. The topological polar surface area (TPSA) is 68.8 Å². The minimum absolute atomic E-state index is 0.0414. The summed E-state index contributed by atoms with van der Waals surface area (Å²) in [6.45, 7) is 0.315. The van der Waals surface area contributed by atoms with Gasteiger partial charge >= 0.3 is 6.18 Å². The van der Waals surface area contributed by atoms with Crippen LogP contribution in [0.2, 0.25) is 0 Å². The van der Waals surface area contributed by atoms with Crippen LogP contribution in [-0.4, -0.2) is 32.5 Å². The third-order valence-corrected chi connectivity index (χ3v) is 5.08. The smallest absolute Gasteiger partial charge is 0.389 e. The van der Waals surface area contributed by atoms with E-state index in [9.17, 15) is 18.0 Å². The average Bonchev–Trinajstić information content (AvgIpc) is 3.24. The van der Waals surface area contributed by atoms with E-state index in [0.29, 0.717) is 17.8 Å². The summed E-state index contributed by atoms with van der Waals surface area (Å²) in [6.07, 6.45) is 2.57. The fraction of sp³-hybridized carbons (Fsp3) is 0.200. The number of alkyl halides is 3. The van der Waals surface area contributed by atoms with E-state index < -0.39 is 24.8 Å². The maximum Gasteiger partial charge on any atom is 0.389 e. The van der Waals surface area contributed by atoms with Crippen LogP contribution in [0, 0.1) is 0 Å². The molecule has 6 nitrogen and oxygen atoms in total. The van der Waals surface area contributed by atoms with E-state index in [4.69, 9.17) is 4.84 Å². The Morgan fingerprint density at radius 2 is 1.94 bits per heavy atom. The first kappa shape index (κ1) is 23.2. The normalized spacial score (nSPS) is 11.9. The highest BCUT2D eigenvalue weighted by molar-refractivity contribution is 5.82. The van der Waals surface area contributed by atoms with Gasteiger partial charge in [-0.1, -0.05) is 29.4 Å². The monoisotopic (exact) mass is 466 g/mol. The number of nitrogens with zero attached hydrogens (tertiary/aromatic N) is 4. The van der Waals surface area contributed by atoms with Crippen molar-refractivity contribution in [3.05, 3.63) is 90.0 Å². The molecule has 0 radical (unpaired) electrons. The van der Waals surface area contributed by atoms with Crippen LogP contribution in [0.25, 0.3) is 16.9 Å². The van der Waals surface area contributed by atoms with Crippen LogP contribution in [-0.2, 0) is 22.7 Å². The molecule has 0 saturated carbocycles. The molecule has 0 fully saturated rings. The van der Waals surface area contributed by atoms with Crippen LogP contribution in [0.15, 0.2) is 78.5 Å². The van der Waals surface area contributed by atoms with Crippen LogP contribution in [0.3, 0.4) is 0 Å². The lowest BCUT2D eigenvalue weighted by Crippen LogP contribution is -2.12. The minimum Gasteiger partial charge on any atom is -0.391 e. The zero-order chi connectivity index (χ0) is 24.0. The third kappa shape index (κ3) is 6.28. The lowest BCUT2D eigenvalue weighted by Gasteiger charge is -2.07. The Balaban J connectivity index is 1.43. The number of aromatic nitrogens is 3. The maximum atomic E-state index is 12.4. The number of imidazole rings is 1. The summed E-state index contributed by atoms with van der Waals surface area (Å²) in [6, 6.07) is 14.6. The number of carbonyl (C=O) groups is 1. The Labute approximate surface area is 193 Å². The van der Waals surface area contributed by atoms with Crippen molar-refractivity contribution >= 4 is 17.6 Å². The maximum absolute atomic E-state index is 12.4. The Bertz CT molecular complexity index is 1300. The molecule has 0 N–H and O–H groups in total. The largest absolute Gasteiger partial charge is 0.391 e. The van der Waals surface area contributed by atoms with E-state index in [1.165, 1.54) is 0 Å². The van der Waals surface area contributed by atoms with E-state index in [1.807, 2.05) is 40.9 Å². The number of fused-ring (bicyclic) bond motifs is 1. The summed E-state index contributed by atoms with van der Waals surface area (Å²) in [5, 5.41) is 3.99. The molecule has 4 aromatic rings. The van der Waals surface area contributed by atoms with Crippen LogP contribution < -0.4 is 0 Å². The molecule has 0 bridgehead atoms. The highest BCUT2D eigenvalue weighted by Crippen LogP contribution is 2.24. The van der Waals surface area contributed by atoms with Crippen molar-refractivity contribution in [1.82, 2.24) is 14.4 Å². The number of hydrogen-bond acceptors (Lipinski definition) is 5. The Kier molecular flexibility index (Phi) is 7.01. The highest BCUT2D eigenvalue weighted by Gasteiger charge is 2.27. The first-order valence-electron chi connectivity index (χ1n) is 10.6. The standard InChI is InChI=1S/C25H21F3N4O2/c26-25(27,28)8-6-22(33)12-18-3-1-5-21(11-18)23-16-30-24-13-19(7-10-32(23)24)15-31-34-17-20-4-2-9-29-14-20/h1-5,7,9-11,13-16H,6,8,12,17H2/b31-15-. The molecule has 4 rings (SSSR count). The van der Waals surface area contributed by atoms with Crippen molar-refractivity contribution in [2.45, 2.75) is 32.0 Å². The summed E-state index contributed by atoms with van der Waals surface area (Å²) >= 11 is 0. The van der Waals surface area contributed by atoms with Gasteiger partial charge in [-0.25, -0.2) is 4.98 Å². The molecule has 9 heteroatoms. The molecule has 0 saturated heterocycles. The van der Waals surface area contributed by atoms with Gasteiger partial charge in [0.2, 0.25) is 0 Å². The second-order valence-electron chi connectivity index (χ2n) is 7.73. The summed E-state index contributed by atoms with van der Waals surface area (Å²) in [5.74, 6) is -0.442. The zero-order valence-electron chi connectivity index (χ0n) is 18.1. The number of ketones is 1. The Morgan fingerprint density at radius 1 is 1.09 bits per heavy atom. The molecule has 174 valence electrons. The number of Topliss-reactive ketones (excluding diaryl/α,β-unsaturated/α-hetero) is 1. The molecule has 3 aromatic heterocycles. The second-order valence-corrected chi connectivity index (χ2v) is 7.73. The fourth-order valence-corrected chi connectivity index (χ4v) is 3.42. The van der Waals surface area contributed by atoms with E-state index in [1.54, 1.807) is 43.0 Å². The summed E-state index contributed by atoms with van der Waals surface area (Å²) < 4.78 is 39.0. The van der Waals surface area contributed by atoms with Crippen molar-refractivity contribution in [2.24, 2.45) is 5.16 Å². The van der Waals surface area contributed by atoms with E-state index in [0.717, 1.165) is 22.4 Å². The van der Waals surface area contributed by atoms with Crippen LogP contribution in [0.4, 0.5) is 13.2 Å². The Hall–Kier alpha value is -4.01. The van der Waals surface area contributed by atoms with Gasteiger partial charge in [0.05, 0.1) is 24.5 Å². The molecular formula is C25H21F3N4O2. The van der Waals surface area contributed by atoms with Crippen molar-refractivity contribution in [2.75, 3.05) is 0 Å². The van der Waals surface area contributed by atoms with Gasteiger partial charge in [0, 0.05) is 48.1 Å². The zero-order valence-corrected chi connectivity index (χ0v) is 18.1. The quantitative estimate of drug-likeness (QED) is 0.245. The summed E-state index contributed by atoms with van der Waals surface area (Å²) in [7, 11) is 0. The Morgan fingerprint density at radius 3 is 2.74 bits per heavy atom. The van der Waals surface area contributed by atoms with Gasteiger partial charge in [-0.15, -0.1) is 0 Å². The van der Waals surface area contributed by atoms with Gasteiger partial charge in [0.15, 0.2) is 0 Å². The van der Waals surface area contributed by atoms with Crippen molar-refractivity contribution in [3.8, 4) is 11.3 Å². The number of oxime groups is 1. The fourth-order valence-electron chi connectivity index (χ4n) is 3.42. The van der Waals surface area contributed by atoms with Crippen LogP contribution in [0.1, 0.15) is 29.5 Å². The van der Waals surface area contributed by atoms with Gasteiger partial charge in [-0.2, -0.15) is 13.2 Å². The first-order valence-corrected chi connectivity index (χ1v) is 10.6. The highest BCUT2D eigenvalue weighted by atomic mass is 19.4. The van der Waals surface area contributed by atoms with E-state index >= 15 is 0 Å². The lowest BCUT2D eigenvalue weighted by molar-refractivity contribution is -0.143. The molecular weight excluding hydrogens is 445 g/mol. The molecule has 0 aliphatic rings. The van der Waals surface area contributed by atoms with E-state index in [2.05, 4.69) is 15.1 Å². The third-order valence-electron chi connectivity index (χ3n) is 5.08. The molecule has 0 amide bonds. The molecule has 34 heavy (non-hydrogen) atoms. The summed E-state index contributed by atoms with van der Waals surface area (Å²) in [5.41, 5.74) is 4.69. The number of rotatable bonds is 9. The summed E-state index contributed by atoms with van der Waals surface area (Å²) in [4.78, 5) is 25.7. The lowest BCUT2D eigenvalue weighted by atomic mass is 10.0. The van der Waals surface area contributed by atoms with Gasteiger partial charge in [0.25, 0.3) is 0 Å². The first-order chi connectivity index (χ1) is 16.4. The van der Waals surface area contributed by atoms with Crippen LogP contribution in [0.5, 0.6) is 0 Å². The minimum atomic E-state index is -4.33. The van der Waals surface area contributed by atoms with Gasteiger partial charge in [-0.3, -0.25) is 14.2 Å². The van der Waals surface area contributed by atoms with Gasteiger partial charge in [0.1, 0.15) is 18.0 Å². The molecule has 0 unspecified atom stereocenters. The van der Waals surface area contributed by atoms with Crippen molar-refractivity contribution in [3.63, 3.8) is 0 Å². The molecule has 0 atom stereocenters. The number of benzene rings is 1. The van der Waals surface area contributed by atoms with Crippen molar-refractivity contribution < 1.29 is 22.8 Å². The molecule has 0 aliphatic carbocycles. The molecule has 0 spiro atoms. The number of halogens is 3. The average molecular weight is 466 g/mol. The predicted octanol–water partition coefficient (Wildman–Crippen LogP) is 5.40. The number of pyridine rings is 2. The predicted molar refractivity (Wildman–Crippen MR) is 121 cm³/mol. The van der Waals surface area contributed by atoms with Gasteiger partial charge in [-0.05, 0) is 29.8 Å². The van der Waals surface area contributed by atoms with Crippen LogP contribution >= 0.6 is 0 Å². The number of hydrogen-bond donors (Lipinski definition) is 0. The second kappa shape index (κ2) is 10.3. The number of carbonyl (C=O) groups excluding carboxylic acids is 1. The van der Waals surface area contributed by atoms with Gasteiger partial charge < -0.3 is 4.84 Å². The van der Waals surface area contributed by atoms with Crippen molar-refractivity contribution in [1.29, 1.82) is 0 Å².